The molecule has 2 nitrogen and oxygen atoms in total. The van der Waals surface area contributed by atoms with E-state index in [1.54, 1.807) is 0 Å². The zero-order chi connectivity index (χ0) is 31.3. The molecular weight excluding hydrogens is 585 g/mol. The highest BCUT2D eigenvalue weighted by Crippen LogP contribution is 2.45. The summed E-state index contributed by atoms with van der Waals surface area (Å²) in [6.45, 7) is 0. The molecule has 0 spiro atoms. The average Bonchev–Trinajstić information content (AvgIpc) is 3.68. The van der Waals surface area contributed by atoms with Gasteiger partial charge in [0.1, 0.15) is 22.3 Å². The smallest absolute Gasteiger partial charge is 0.136 e. The number of benzene rings is 9. The van der Waals surface area contributed by atoms with Crippen LogP contribution in [-0.4, -0.2) is 0 Å². The summed E-state index contributed by atoms with van der Waals surface area (Å²) in [5.41, 5.74) is 8.52. The predicted octanol–water partition coefficient (Wildman–Crippen LogP) is 13.4. The van der Waals surface area contributed by atoms with Gasteiger partial charge >= 0.3 is 0 Å². The van der Waals surface area contributed by atoms with Gasteiger partial charge in [0.05, 0.1) is 0 Å². The van der Waals surface area contributed by atoms with Gasteiger partial charge in [0.2, 0.25) is 0 Å². The maximum Gasteiger partial charge on any atom is 0.136 e. The van der Waals surface area contributed by atoms with Gasteiger partial charge in [0.25, 0.3) is 0 Å². The van der Waals surface area contributed by atoms with Gasteiger partial charge < -0.3 is 8.83 Å². The van der Waals surface area contributed by atoms with Crippen LogP contribution in [0, 0.1) is 0 Å². The number of hydrogen-bond donors (Lipinski definition) is 0. The molecule has 0 unspecified atom stereocenters. The molecule has 0 amide bonds. The molecule has 2 heterocycles. The van der Waals surface area contributed by atoms with Crippen LogP contribution in [0.1, 0.15) is 0 Å². The van der Waals surface area contributed by atoms with E-state index in [2.05, 4.69) is 146 Å². The van der Waals surface area contributed by atoms with Crippen molar-refractivity contribution in [2.24, 2.45) is 0 Å². The molecule has 0 saturated carbocycles. The summed E-state index contributed by atoms with van der Waals surface area (Å²) < 4.78 is 12.7. The summed E-state index contributed by atoms with van der Waals surface area (Å²) in [7, 11) is 0. The van der Waals surface area contributed by atoms with Crippen molar-refractivity contribution in [3.8, 4) is 22.3 Å². The van der Waals surface area contributed by atoms with Gasteiger partial charge in [-0.3, -0.25) is 0 Å². The maximum absolute atomic E-state index is 6.50. The van der Waals surface area contributed by atoms with E-state index in [0.29, 0.717) is 0 Å². The molecule has 0 aliphatic rings. The van der Waals surface area contributed by atoms with Crippen LogP contribution < -0.4 is 0 Å². The zero-order valence-electron chi connectivity index (χ0n) is 25.8. The highest BCUT2D eigenvalue weighted by Gasteiger charge is 2.18. The third kappa shape index (κ3) is 3.63. The summed E-state index contributed by atoms with van der Waals surface area (Å²) in [4.78, 5) is 0. The Morgan fingerprint density at radius 3 is 1.35 bits per heavy atom. The van der Waals surface area contributed by atoms with Gasteiger partial charge in [-0.25, -0.2) is 0 Å². The second-order valence-corrected chi connectivity index (χ2v) is 12.9. The van der Waals surface area contributed by atoms with Crippen LogP contribution in [0.25, 0.3) is 109 Å². The summed E-state index contributed by atoms with van der Waals surface area (Å²) in [6.07, 6.45) is 0. The van der Waals surface area contributed by atoms with Gasteiger partial charge in [0, 0.05) is 21.5 Å². The van der Waals surface area contributed by atoms with Gasteiger partial charge in [-0.2, -0.15) is 0 Å². The summed E-state index contributed by atoms with van der Waals surface area (Å²) in [5, 5.41) is 14.2. The first kappa shape index (κ1) is 25.8. The molecule has 0 aliphatic heterocycles. The molecule has 0 saturated heterocycles. The number of para-hydroxylation sites is 1. The first-order chi connectivity index (χ1) is 23.8. The Balaban J connectivity index is 1.16. The molecule has 0 radical (unpaired) electrons. The van der Waals surface area contributed by atoms with E-state index in [-0.39, 0.29) is 0 Å². The Morgan fingerprint density at radius 2 is 0.708 bits per heavy atom. The first-order valence-electron chi connectivity index (χ1n) is 16.4. The largest absolute Gasteiger partial charge is 0.456 e. The van der Waals surface area contributed by atoms with Crippen LogP contribution in [0.3, 0.4) is 0 Å². The summed E-state index contributed by atoms with van der Waals surface area (Å²) in [6, 6.07) is 56.8. The normalized spacial score (nSPS) is 12.2. The van der Waals surface area contributed by atoms with Crippen LogP contribution >= 0.6 is 0 Å². The fraction of sp³-hybridized carbons (Fsp3) is 0. The molecule has 0 N–H and O–H groups in total. The lowest BCUT2D eigenvalue weighted by atomic mass is 9.85. The number of hydrogen-bond acceptors (Lipinski definition) is 2. The van der Waals surface area contributed by atoms with E-state index in [9.17, 15) is 0 Å². The molecule has 0 bridgehead atoms. The Hall–Kier alpha value is -6.38. The monoisotopic (exact) mass is 610 g/mol. The zero-order valence-corrected chi connectivity index (χ0v) is 25.8. The van der Waals surface area contributed by atoms with Crippen LogP contribution in [-0.2, 0) is 0 Å². The van der Waals surface area contributed by atoms with Crippen molar-refractivity contribution in [3.05, 3.63) is 158 Å². The van der Waals surface area contributed by atoms with E-state index >= 15 is 0 Å². The molecule has 0 atom stereocenters. The second-order valence-electron chi connectivity index (χ2n) is 12.9. The molecule has 11 rings (SSSR count). The van der Waals surface area contributed by atoms with Crippen molar-refractivity contribution in [1.82, 2.24) is 0 Å². The Kier molecular flexibility index (Phi) is 5.14. The van der Waals surface area contributed by atoms with Gasteiger partial charge in [-0.05, 0) is 114 Å². The van der Waals surface area contributed by atoms with Crippen LogP contribution in [0.15, 0.2) is 167 Å². The minimum atomic E-state index is 0.889. The highest BCUT2D eigenvalue weighted by molar-refractivity contribution is 6.23. The van der Waals surface area contributed by atoms with E-state index in [1.807, 2.05) is 12.1 Å². The minimum absolute atomic E-state index is 0.889. The molecule has 2 heteroatoms. The fourth-order valence-corrected chi connectivity index (χ4v) is 7.99. The quantitative estimate of drug-likeness (QED) is 0.182. The SMILES string of the molecule is c1ccc2cc(-c3c4ccccc4c(-c4ccc5oc6cc7cc8c(cc7cc6c5c4)oc4ccccc48)c4ccccc34)ccc2c1. The summed E-state index contributed by atoms with van der Waals surface area (Å²) >= 11 is 0. The lowest BCUT2D eigenvalue weighted by Gasteiger charge is -2.18. The van der Waals surface area contributed by atoms with Gasteiger partial charge in [-0.15, -0.1) is 0 Å². The minimum Gasteiger partial charge on any atom is -0.456 e. The molecule has 9 aromatic carbocycles. The van der Waals surface area contributed by atoms with Crippen molar-refractivity contribution in [3.63, 3.8) is 0 Å². The topological polar surface area (TPSA) is 26.3 Å². The van der Waals surface area contributed by atoms with Crippen molar-refractivity contribution in [1.29, 1.82) is 0 Å². The van der Waals surface area contributed by atoms with E-state index in [4.69, 9.17) is 8.83 Å². The first-order valence-corrected chi connectivity index (χ1v) is 16.4. The third-order valence-corrected chi connectivity index (χ3v) is 10.2. The average molecular weight is 611 g/mol. The molecule has 0 aliphatic carbocycles. The third-order valence-electron chi connectivity index (χ3n) is 10.2. The van der Waals surface area contributed by atoms with Gasteiger partial charge in [-0.1, -0.05) is 109 Å². The summed E-state index contributed by atoms with van der Waals surface area (Å²) in [5.74, 6) is 0. The Morgan fingerprint density at radius 1 is 0.250 bits per heavy atom. The number of furan rings is 2. The van der Waals surface area contributed by atoms with Crippen LogP contribution in [0.4, 0.5) is 0 Å². The molecule has 222 valence electrons. The van der Waals surface area contributed by atoms with Crippen molar-refractivity contribution >= 4 is 87.0 Å². The molecule has 0 fully saturated rings. The van der Waals surface area contributed by atoms with Gasteiger partial charge in [0.15, 0.2) is 0 Å². The number of fused-ring (bicyclic) bond motifs is 10. The van der Waals surface area contributed by atoms with Crippen LogP contribution in [0.5, 0.6) is 0 Å². The Bertz CT molecular complexity index is 3060. The van der Waals surface area contributed by atoms with E-state index in [1.165, 1.54) is 54.6 Å². The standard InChI is InChI=1S/C46H26O2/c1-2-10-28-21-29(18-17-27(28)9-1)45-34-12-3-5-14-36(34)46(37-15-6-4-13-35(37)45)30-19-20-42-39(22-30)40-24-32-25-43-38(23-31(32)26-44(40)48-42)33-11-7-8-16-41(33)47-43/h1-26H. The maximum atomic E-state index is 6.50. The fourth-order valence-electron chi connectivity index (χ4n) is 7.99. The molecule has 48 heavy (non-hydrogen) atoms. The van der Waals surface area contributed by atoms with Crippen LogP contribution in [0.2, 0.25) is 0 Å². The van der Waals surface area contributed by atoms with E-state index < -0.39 is 0 Å². The Labute approximate surface area is 275 Å². The lowest BCUT2D eigenvalue weighted by Crippen LogP contribution is -1.91. The molecule has 11 aromatic rings. The molecular formula is C46H26O2. The van der Waals surface area contributed by atoms with Crippen molar-refractivity contribution in [2.45, 2.75) is 0 Å². The highest BCUT2D eigenvalue weighted by atomic mass is 16.3. The number of rotatable bonds is 2. The predicted molar refractivity (Wildman–Crippen MR) is 202 cm³/mol. The van der Waals surface area contributed by atoms with Crippen molar-refractivity contribution in [2.75, 3.05) is 0 Å². The van der Waals surface area contributed by atoms with E-state index in [0.717, 1.165) is 54.6 Å². The molecule has 2 aromatic heterocycles. The van der Waals surface area contributed by atoms with Crippen molar-refractivity contribution < 1.29 is 8.83 Å². The lowest BCUT2D eigenvalue weighted by molar-refractivity contribution is 0.668. The second kappa shape index (κ2) is 9.57.